The van der Waals surface area contributed by atoms with Crippen LogP contribution in [0.1, 0.15) is 32.1 Å². The third-order valence-corrected chi connectivity index (χ3v) is 6.32. The molecule has 1 unspecified atom stereocenters. The highest BCUT2D eigenvalue weighted by atomic mass is 32.2. The van der Waals surface area contributed by atoms with Gasteiger partial charge in [-0.25, -0.2) is 12.7 Å². The molecular formula is C14H28N2O3S. The van der Waals surface area contributed by atoms with Crippen molar-refractivity contribution >= 4 is 10.0 Å². The summed E-state index contributed by atoms with van der Waals surface area (Å²) in [4.78, 5) is 2.19. The van der Waals surface area contributed by atoms with E-state index >= 15 is 0 Å². The van der Waals surface area contributed by atoms with Crippen LogP contribution in [-0.2, 0) is 14.8 Å². The van der Waals surface area contributed by atoms with E-state index in [2.05, 4.69) is 19.0 Å². The maximum absolute atomic E-state index is 12.4. The summed E-state index contributed by atoms with van der Waals surface area (Å²) >= 11 is 0. The number of nitrogens with zero attached hydrogens (tertiary/aromatic N) is 2. The smallest absolute Gasteiger partial charge is 0.216 e. The molecule has 2 saturated heterocycles. The average molecular weight is 304 g/mol. The number of piperidine rings is 1. The van der Waals surface area contributed by atoms with E-state index in [0.717, 1.165) is 32.2 Å². The molecule has 6 heteroatoms. The second-order valence-electron chi connectivity index (χ2n) is 6.35. The lowest BCUT2D eigenvalue weighted by atomic mass is 9.94. The van der Waals surface area contributed by atoms with E-state index in [1.54, 1.807) is 4.31 Å². The van der Waals surface area contributed by atoms with E-state index < -0.39 is 10.0 Å². The van der Waals surface area contributed by atoms with Gasteiger partial charge in [0.25, 0.3) is 0 Å². The zero-order valence-corrected chi connectivity index (χ0v) is 13.6. The first kappa shape index (κ1) is 16.2. The standard InChI is InChI=1S/C14H28N2O3S/c1-15(2)8-5-13-6-9-16(10-7-13)20(17,18)12-14-4-3-11-19-14/h13-14H,3-12H2,1-2H3. The molecule has 0 spiro atoms. The Hall–Kier alpha value is -0.170. The fraction of sp³-hybridized carbons (Fsp3) is 1.00. The molecular weight excluding hydrogens is 276 g/mol. The summed E-state index contributed by atoms with van der Waals surface area (Å²) in [6.07, 6.45) is 4.97. The summed E-state index contributed by atoms with van der Waals surface area (Å²) in [5.74, 6) is 0.849. The Morgan fingerprint density at radius 1 is 1.20 bits per heavy atom. The molecule has 0 aromatic heterocycles. The molecule has 0 saturated carbocycles. The van der Waals surface area contributed by atoms with Gasteiger partial charge in [-0.15, -0.1) is 0 Å². The van der Waals surface area contributed by atoms with Gasteiger partial charge in [0.05, 0.1) is 11.9 Å². The van der Waals surface area contributed by atoms with Crippen molar-refractivity contribution in [3.8, 4) is 0 Å². The van der Waals surface area contributed by atoms with E-state index in [9.17, 15) is 8.42 Å². The number of ether oxygens (including phenoxy) is 1. The summed E-state index contributed by atoms with van der Waals surface area (Å²) in [7, 11) is 1.05. The predicted molar refractivity (Wildman–Crippen MR) is 80.2 cm³/mol. The third kappa shape index (κ3) is 4.69. The minimum atomic E-state index is -3.12. The molecule has 118 valence electrons. The van der Waals surface area contributed by atoms with Crippen LogP contribution < -0.4 is 0 Å². The van der Waals surface area contributed by atoms with Crippen molar-refractivity contribution in [1.82, 2.24) is 9.21 Å². The summed E-state index contributed by atoms with van der Waals surface area (Å²) in [6.45, 7) is 3.18. The fourth-order valence-corrected chi connectivity index (χ4v) is 4.74. The van der Waals surface area contributed by atoms with Gasteiger partial charge in [0.1, 0.15) is 0 Å². The monoisotopic (exact) mass is 304 g/mol. The zero-order valence-electron chi connectivity index (χ0n) is 12.8. The number of sulfonamides is 1. The van der Waals surface area contributed by atoms with Crippen LogP contribution in [0.2, 0.25) is 0 Å². The van der Waals surface area contributed by atoms with Crippen molar-refractivity contribution in [2.24, 2.45) is 5.92 Å². The fourth-order valence-electron chi connectivity index (χ4n) is 3.03. The second kappa shape index (κ2) is 7.20. The van der Waals surface area contributed by atoms with Crippen molar-refractivity contribution in [2.75, 3.05) is 46.1 Å². The summed E-state index contributed by atoms with van der Waals surface area (Å²) in [6, 6.07) is 0. The van der Waals surface area contributed by atoms with Gasteiger partial charge in [-0.3, -0.25) is 0 Å². The quantitative estimate of drug-likeness (QED) is 0.739. The molecule has 0 amide bonds. The molecule has 2 rings (SSSR count). The van der Waals surface area contributed by atoms with Gasteiger partial charge in [-0.2, -0.15) is 0 Å². The lowest BCUT2D eigenvalue weighted by molar-refractivity contribution is 0.125. The van der Waals surface area contributed by atoms with Gasteiger partial charge in [-0.1, -0.05) is 0 Å². The van der Waals surface area contributed by atoms with Crippen molar-refractivity contribution in [3.63, 3.8) is 0 Å². The minimum Gasteiger partial charge on any atom is -0.377 e. The van der Waals surface area contributed by atoms with Crippen LogP contribution in [0.15, 0.2) is 0 Å². The Balaban J connectivity index is 1.77. The van der Waals surface area contributed by atoms with E-state index in [1.165, 1.54) is 6.42 Å². The molecule has 0 aromatic carbocycles. The van der Waals surface area contributed by atoms with Crippen LogP contribution in [0.3, 0.4) is 0 Å². The van der Waals surface area contributed by atoms with Crippen LogP contribution in [0.25, 0.3) is 0 Å². The number of rotatable bonds is 6. The SMILES string of the molecule is CN(C)CCC1CCN(S(=O)(=O)CC2CCCO2)CC1. The Morgan fingerprint density at radius 3 is 2.45 bits per heavy atom. The lowest BCUT2D eigenvalue weighted by Crippen LogP contribution is -2.42. The van der Waals surface area contributed by atoms with Gasteiger partial charge in [0.2, 0.25) is 10.0 Å². The maximum Gasteiger partial charge on any atom is 0.216 e. The summed E-state index contributed by atoms with van der Waals surface area (Å²) in [5, 5.41) is 0. The Bertz CT molecular complexity index is 383. The van der Waals surface area contributed by atoms with Crippen LogP contribution in [0.4, 0.5) is 0 Å². The molecule has 0 aromatic rings. The summed E-state index contributed by atoms with van der Waals surface area (Å²) in [5.41, 5.74) is 0. The molecule has 1 atom stereocenters. The van der Waals surface area contributed by atoms with E-state index in [-0.39, 0.29) is 11.9 Å². The topological polar surface area (TPSA) is 49.9 Å². The van der Waals surface area contributed by atoms with Crippen molar-refractivity contribution < 1.29 is 13.2 Å². The van der Waals surface area contributed by atoms with Gasteiger partial charge in [-0.05, 0) is 58.7 Å². The molecule has 2 heterocycles. The highest BCUT2D eigenvalue weighted by Crippen LogP contribution is 2.24. The zero-order chi connectivity index (χ0) is 14.6. The summed E-state index contributed by atoms with van der Waals surface area (Å²) < 4.78 is 31.8. The predicted octanol–water partition coefficient (Wildman–Crippen LogP) is 1.16. The average Bonchev–Trinajstić information content (AvgIpc) is 2.89. The molecule has 0 bridgehead atoms. The number of hydrogen-bond donors (Lipinski definition) is 0. The number of hydrogen-bond acceptors (Lipinski definition) is 4. The molecule has 2 aliphatic rings. The highest BCUT2D eigenvalue weighted by molar-refractivity contribution is 7.89. The lowest BCUT2D eigenvalue weighted by Gasteiger charge is -2.32. The maximum atomic E-state index is 12.4. The third-order valence-electron chi connectivity index (χ3n) is 4.37. The first-order chi connectivity index (χ1) is 9.47. The van der Waals surface area contributed by atoms with Crippen molar-refractivity contribution in [3.05, 3.63) is 0 Å². The van der Waals surface area contributed by atoms with Gasteiger partial charge in [0.15, 0.2) is 0 Å². The molecule has 2 aliphatic heterocycles. The van der Waals surface area contributed by atoms with Crippen LogP contribution in [0.5, 0.6) is 0 Å². The van der Waals surface area contributed by atoms with Gasteiger partial charge >= 0.3 is 0 Å². The Kier molecular flexibility index (Phi) is 5.84. The minimum absolute atomic E-state index is 0.0773. The largest absolute Gasteiger partial charge is 0.377 e. The normalized spacial score (nSPS) is 26.4. The van der Waals surface area contributed by atoms with Crippen molar-refractivity contribution in [1.29, 1.82) is 0 Å². The van der Waals surface area contributed by atoms with Gasteiger partial charge in [0, 0.05) is 19.7 Å². The Labute approximate surface area is 123 Å². The van der Waals surface area contributed by atoms with E-state index in [1.807, 2.05) is 0 Å². The molecule has 2 fully saturated rings. The molecule has 20 heavy (non-hydrogen) atoms. The first-order valence-corrected chi connectivity index (χ1v) is 9.32. The molecule has 0 aliphatic carbocycles. The van der Waals surface area contributed by atoms with Gasteiger partial charge < -0.3 is 9.64 Å². The van der Waals surface area contributed by atoms with E-state index in [4.69, 9.17) is 4.74 Å². The molecule has 0 N–H and O–H groups in total. The first-order valence-electron chi connectivity index (χ1n) is 7.71. The molecule has 5 nitrogen and oxygen atoms in total. The van der Waals surface area contributed by atoms with Crippen LogP contribution in [-0.4, -0.2) is 69.8 Å². The van der Waals surface area contributed by atoms with E-state index in [0.29, 0.717) is 25.6 Å². The second-order valence-corrected chi connectivity index (χ2v) is 8.36. The van der Waals surface area contributed by atoms with Crippen LogP contribution in [0, 0.1) is 5.92 Å². The Morgan fingerprint density at radius 2 is 1.90 bits per heavy atom. The van der Waals surface area contributed by atoms with Crippen LogP contribution >= 0.6 is 0 Å². The highest BCUT2D eigenvalue weighted by Gasteiger charge is 2.31. The molecule has 0 radical (unpaired) electrons. The van der Waals surface area contributed by atoms with Crippen molar-refractivity contribution in [2.45, 2.75) is 38.2 Å².